The molecule has 0 unspecified atom stereocenters. The first-order valence-corrected chi connectivity index (χ1v) is 10.5. The third kappa shape index (κ3) is 5.31. The molecule has 3 aromatic rings. The Bertz CT molecular complexity index is 932. The number of rotatable bonds is 8. The molecule has 3 nitrogen and oxygen atoms in total. The fraction of sp³-hybridized carbons (Fsp3) is 0.182. The number of ketones is 1. The van der Waals surface area contributed by atoms with Crippen molar-refractivity contribution in [3.63, 3.8) is 0 Å². The van der Waals surface area contributed by atoms with Crippen LogP contribution in [-0.2, 0) is 12.2 Å². The van der Waals surface area contributed by atoms with Crippen molar-refractivity contribution < 1.29 is 9.53 Å². The van der Waals surface area contributed by atoms with Gasteiger partial charge in [0.15, 0.2) is 5.78 Å². The SMILES string of the molecule is CCc1ccc(C(=O)/C=C/c2ccc(OC)c(CSc3ccccn3)c2)s1. The van der Waals surface area contributed by atoms with Crippen molar-refractivity contribution in [3.05, 3.63) is 81.7 Å². The molecule has 0 saturated carbocycles. The highest BCUT2D eigenvalue weighted by atomic mass is 32.2. The van der Waals surface area contributed by atoms with E-state index in [4.69, 9.17) is 4.74 Å². The van der Waals surface area contributed by atoms with Crippen molar-refractivity contribution in [1.29, 1.82) is 0 Å². The van der Waals surface area contributed by atoms with E-state index in [1.54, 1.807) is 42.5 Å². The monoisotopic (exact) mass is 395 g/mol. The maximum Gasteiger partial charge on any atom is 0.195 e. The van der Waals surface area contributed by atoms with E-state index < -0.39 is 0 Å². The number of carbonyl (C=O) groups excluding carboxylic acids is 1. The summed E-state index contributed by atoms with van der Waals surface area (Å²) in [5.41, 5.74) is 2.06. The van der Waals surface area contributed by atoms with E-state index in [0.717, 1.165) is 39.0 Å². The zero-order valence-corrected chi connectivity index (χ0v) is 17.0. The van der Waals surface area contributed by atoms with Gasteiger partial charge in [-0.3, -0.25) is 4.79 Å². The zero-order valence-electron chi connectivity index (χ0n) is 15.3. The fourth-order valence-corrected chi connectivity index (χ4v) is 4.26. The third-order valence-electron chi connectivity index (χ3n) is 4.00. The van der Waals surface area contributed by atoms with E-state index >= 15 is 0 Å². The highest BCUT2D eigenvalue weighted by molar-refractivity contribution is 7.98. The van der Waals surface area contributed by atoms with Gasteiger partial charge in [-0.25, -0.2) is 4.98 Å². The molecule has 2 heterocycles. The number of ether oxygens (including phenoxy) is 1. The van der Waals surface area contributed by atoms with Crippen molar-refractivity contribution in [1.82, 2.24) is 4.98 Å². The van der Waals surface area contributed by atoms with E-state index in [1.165, 1.54) is 4.88 Å². The highest BCUT2D eigenvalue weighted by Gasteiger charge is 2.07. The van der Waals surface area contributed by atoms with Crippen LogP contribution >= 0.6 is 23.1 Å². The first-order valence-electron chi connectivity index (χ1n) is 8.71. The minimum Gasteiger partial charge on any atom is -0.496 e. The molecule has 27 heavy (non-hydrogen) atoms. The van der Waals surface area contributed by atoms with Crippen LogP contribution in [0.2, 0.25) is 0 Å². The Labute approximate surface area is 168 Å². The summed E-state index contributed by atoms with van der Waals surface area (Å²) < 4.78 is 5.48. The number of thioether (sulfide) groups is 1. The van der Waals surface area contributed by atoms with Crippen molar-refractivity contribution in [2.24, 2.45) is 0 Å². The molecule has 0 amide bonds. The quantitative estimate of drug-likeness (QED) is 0.270. The standard InChI is InChI=1S/C22H21NO2S2/c1-3-18-9-12-21(27-18)19(24)10-7-16-8-11-20(25-2)17(14-16)15-26-22-6-4-5-13-23-22/h4-14H,3,15H2,1-2H3/b10-7+. The Hall–Kier alpha value is -2.37. The van der Waals surface area contributed by atoms with Gasteiger partial charge in [0, 0.05) is 22.4 Å². The normalized spacial score (nSPS) is 11.0. The van der Waals surface area contributed by atoms with Gasteiger partial charge in [-0.2, -0.15) is 0 Å². The minimum absolute atomic E-state index is 0.0416. The molecular formula is C22H21NO2S2. The molecular weight excluding hydrogens is 374 g/mol. The molecule has 2 aromatic heterocycles. The molecule has 0 N–H and O–H groups in total. The average molecular weight is 396 g/mol. The summed E-state index contributed by atoms with van der Waals surface area (Å²) in [5.74, 6) is 1.63. The summed E-state index contributed by atoms with van der Waals surface area (Å²) >= 11 is 3.22. The van der Waals surface area contributed by atoms with Crippen LogP contribution in [0.1, 0.15) is 32.6 Å². The molecule has 0 aliphatic rings. The number of thiophene rings is 1. The molecule has 0 aliphatic heterocycles. The average Bonchev–Trinajstić information content (AvgIpc) is 3.20. The van der Waals surface area contributed by atoms with E-state index in [-0.39, 0.29) is 5.78 Å². The molecule has 138 valence electrons. The highest BCUT2D eigenvalue weighted by Crippen LogP contribution is 2.28. The van der Waals surface area contributed by atoms with Crippen LogP contribution in [-0.4, -0.2) is 17.9 Å². The molecule has 0 saturated heterocycles. The lowest BCUT2D eigenvalue weighted by atomic mass is 10.1. The number of methoxy groups -OCH3 is 1. The Morgan fingerprint density at radius 3 is 2.81 bits per heavy atom. The van der Waals surface area contributed by atoms with Crippen molar-refractivity contribution >= 4 is 35.0 Å². The van der Waals surface area contributed by atoms with Crippen LogP contribution in [0.15, 0.2) is 65.8 Å². The topological polar surface area (TPSA) is 39.2 Å². The van der Waals surface area contributed by atoms with Gasteiger partial charge in [0.25, 0.3) is 0 Å². The first kappa shape index (κ1) is 19.4. The lowest BCUT2D eigenvalue weighted by molar-refractivity contribution is 0.105. The van der Waals surface area contributed by atoms with Gasteiger partial charge in [-0.15, -0.1) is 23.1 Å². The Balaban J connectivity index is 1.72. The maximum atomic E-state index is 12.4. The predicted octanol–water partition coefficient (Wildman–Crippen LogP) is 5.90. The van der Waals surface area contributed by atoms with E-state index in [9.17, 15) is 4.79 Å². The van der Waals surface area contributed by atoms with Gasteiger partial charge >= 0.3 is 0 Å². The Kier molecular flexibility index (Phi) is 6.85. The van der Waals surface area contributed by atoms with Crippen molar-refractivity contribution in [3.8, 4) is 5.75 Å². The summed E-state index contributed by atoms with van der Waals surface area (Å²) in [4.78, 5) is 18.7. The number of benzene rings is 1. The summed E-state index contributed by atoms with van der Waals surface area (Å²) in [7, 11) is 1.67. The van der Waals surface area contributed by atoms with Gasteiger partial charge in [0.1, 0.15) is 5.75 Å². The number of carbonyl (C=O) groups is 1. The molecule has 0 spiro atoms. The van der Waals surface area contributed by atoms with Gasteiger partial charge in [-0.1, -0.05) is 25.1 Å². The van der Waals surface area contributed by atoms with Crippen LogP contribution in [0.3, 0.4) is 0 Å². The lowest BCUT2D eigenvalue weighted by Gasteiger charge is -2.09. The smallest absolute Gasteiger partial charge is 0.195 e. The van der Waals surface area contributed by atoms with Gasteiger partial charge < -0.3 is 4.74 Å². The summed E-state index contributed by atoms with van der Waals surface area (Å²) in [6.45, 7) is 2.10. The van der Waals surface area contributed by atoms with Crippen LogP contribution in [0.5, 0.6) is 5.75 Å². The molecule has 1 aromatic carbocycles. The first-order chi connectivity index (χ1) is 13.2. The second-order valence-corrected chi connectivity index (χ2v) is 8.01. The van der Waals surface area contributed by atoms with Gasteiger partial charge in [-0.05, 0) is 54.5 Å². The number of hydrogen-bond acceptors (Lipinski definition) is 5. The van der Waals surface area contributed by atoms with Crippen LogP contribution < -0.4 is 4.74 Å². The Morgan fingerprint density at radius 1 is 1.22 bits per heavy atom. The van der Waals surface area contributed by atoms with Crippen molar-refractivity contribution in [2.45, 2.75) is 24.1 Å². The lowest BCUT2D eigenvalue weighted by Crippen LogP contribution is -1.93. The van der Waals surface area contributed by atoms with E-state index in [1.807, 2.05) is 48.5 Å². The van der Waals surface area contributed by atoms with E-state index in [2.05, 4.69) is 18.0 Å². The van der Waals surface area contributed by atoms with Crippen LogP contribution in [0, 0.1) is 0 Å². The number of hydrogen-bond donors (Lipinski definition) is 0. The van der Waals surface area contributed by atoms with Crippen LogP contribution in [0.25, 0.3) is 6.08 Å². The number of aryl methyl sites for hydroxylation is 1. The van der Waals surface area contributed by atoms with Gasteiger partial charge in [0.05, 0.1) is 17.0 Å². The maximum absolute atomic E-state index is 12.4. The second-order valence-electron chi connectivity index (χ2n) is 5.85. The summed E-state index contributed by atoms with van der Waals surface area (Å²) in [6, 6.07) is 15.8. The Morgan fingerprint density at radius 2 is 2.11 bits per heavy atom. The van der Waals surface area contributed by atoms with Gasteiger partial charge in [0.2, 0.25) is 0 Å². The molecule has 5 heteroatoms. The fourth-order valence-electron chi connectivity index (χ4n) is 2.55. The van der Waals surface area contributed by atoms with Crippen molar-refractivity contribution in [2.75, 3.05) is 7.11 Å². The molecule has 0 fully saturated rings. The molecule has 0 atom stereocenters. The number of aromatic nitrogens is 1. The molecule has 3 rings (SSSR count). The number of allylic oxidation sites excluding steroid dienone is 1. The molecule has 0 aliphatic carbocycles. The minimum atomic E-state index is 0.0416. The molecule has 0 bridgehead atoms. The van der Waals surface area contributed by atoms with Crippen LogP contribution in [0.4, 0.5) is 0 Å². The number of pyridine rings is 1. The second kappa shape index (κ2) is 9.53. The molecule has 0 radical (unpaired) electrons. The summed E-state index contributed by atoms with van der Waals surface area (Å²) in [6.07, 6.45) is 6.25. The number of nitrogens with zero attached hydrogens (tertiary/aromatic N) is 1. The largest absolute Gasteiger partial charge is 0.496 e. The summed E-state index contributed by atoms with van der Waals surface area (Å²) in [5, 5.41) is 0.972. The van der Waals surface area contributed by atoms with E-state index in [0.29, 0.717) is 0 Å². The zero-order chi connectivity index (χ0) is 19.1. The predicted molar refractivity (Wildman–Crippen MR) is 114 cm³/mol. The third-order valence-corrected chi connectivity index (χ3v) is 6.23.